The van der Waals surface area contributed by atoms with E-state index in [4.69, 9.17) is 0 Å². The molecule has 1 N–H and O–H groups in total. The van der Waals surface area contributed by atoms with E-state index in [1.807, 2.05) is 6.07 Å². The van der Waals surface area contributed by atoms with Crippen molar-refractivity contribution >= 4 is 0 Å². The third-order valence-corrected chi connectivity index (χ3v) is 8.47. The van der Waals surface area contributed by atoms with Crippen LogP contribution in [0.25, 0.3) is 22.3 Å². The Kier molecular flexibility index (Phi) is 5.72. The Balaban J connectivity index is 1.48. The van der Waals surface area contributed by atoms with Crippen molar-refractivity contribution in [1.29, 1.82) is 0 Å². The second-order valence-electron chi connectivity index (χ2n) is 13.3. The van der Waals surface area contributed by atoms with E-state index in [-0.39, 0.29) is 16.9 Å². The van der Waals surface area contributed by atoms with Crippen LogP contribution in [0.15, 0.2) is 78.9 Å². The van der Waals surface area contributed by atoms with Crippen molar-refractivity contribution in [2.24, 2.45) is 0 Å². The standard InChI is InChI=1S/C36H39NO/c1-35(2,3)29-18-12-17-25-23-13-8-10-15-26(23)33(31(25)29)37(7)21-22-19-28-24-14-9-11-16-27(24)34(38)32(28)30(20-22)36(4,5)6/h8-20,33-34,38H,21H2,1-7H3. The van der Waals surface area contributed by atoms with Crippen molar-refractivity contribution < 1.29 is 5.11 Å². The predicted octanol–water partition coefficient (Wildman–Crippen LogP) is 8.55. The van der Waals surface area contributed by atoms with Gasteiger partial charge in [-0.05, 0) is 85.1 Å². The fourth-order valence-electron chi connectivity index (χ4n) is 6.80. The summed E-state index contributed by atoms with van der Waals surface area (Å²) in [5.41, 5.74) is 13.9. The van der Waals surface area contributed by atoms with E-state index >= 15 is 0 Å². The summed E-state index contributed by atoms with van der Waals surface area (Å²) in [5.74, 6) is 0. The minimum atomic E-state index is -0.565. The van der Waals surface area contributed by atoms with Crippen LogP contribution in [0.3, 0.4) is 0 Å². The van der Waals surface area contributed by atoms with Crippen molar-refractivity contribution in [3.63, 3.8) is 0 Å². The number of hydrogen-bond acceptors (Lipinski definition) is 2. The summed E-state index contributed by atoms with van der Waals surface area (Å²) >= 11 is 0. The molecule has 6 rings (SSSR count). The number of aliphatic hydroxyl groups excluding tert-OH is 1. The van der Waals surface area contributed by atoms with Crippen LogP contribution in [0.2, 0.25) is 0 Å². The first-order valence-electron chi connectivity index (χ1n) is 13.8. The smallest absolute Gasteiger partial charge is 0.106 e. The monoisotopic (exact) mass is 501 g/mol. The van der Waals surface area contributed by atoms with Gasteiger partial charge in [-0.3, -0.25) is 4.90 Å². The largest absolute Gasteiger partial charge is 0.384 e. The molecule has 0 aromatic heterocycles. The van der Waals surface area contributed by atoms with E-state index in [2.05, 4.69) is 126 Å². The second kappa shape index (κ2) is 8.66. The van der Waals surface area contributed by atoms with E-state index in [0.29, 0.717) is 0 Å². The van der Waals surface area contributed by atoms with Gasteiger partial charge in [-0.2, -0.15) is 0 Å². The van der Waals surface area contributed by atoms with Crippen LogP contribution in [0.1, 0.15) is 92.6 Å². The van der Waals surface area contributed by atoms with Crippen molar-refractivity contribution in [2.45, 2.75) is 71.1 Å². The van der Waals surface area contributed by atoms with E-state index in [9.17, 15) is 5.11 Å². The third-order valence-electron chi connectivity index (χ3n) is 8.47. The minimum absolute atomic E-state index is 0.0549. The lowest BCUT2D eigenvalue weighted by Crippen LogP contribution is -2.27. The zero-order chi connectivity index (χ0) is 27.0. The number of rotatable bonds is 3. The maximum absolute atomic E-state index is 11.3. The molecule has 0 aliphatic heterocycles. The normalized spacial score (nSPS) is 17.8. The summed E-state index contributed by atoms with van der Waals surface area (Å²) in [6, 6.07) is 29.0. The first-order valence-corrected chi connectivity index (χ1v) is 13.8. The fourth-order valence-corrected chi connectivity index (χ4v) is 6.80. The molecule has 0 bridgehead atoms. The predicted molar refractivity (Wildman–Crippen MR) is 159 cm³/mol. The van der Waals surface area contributed by atoms with Gasteiger partial charge in [-0.1, -0.05) is 114 Å². The highest BCUT2D eigenvalue weighted by Crippen LogP contribution is 2.51. The maximum atomic E-state index is 11.3. The molecule has 0 fully saturated rings. The Morgan fingerprint density at radius 2 is 1.21 bits per heavy atom. The molecular weight excluding hydrogens is 462 g/mol. The molecular formula is C36H39NO. The minimum Gasteiger partial charge on any atom is -0.384 e. The van der Waals surface area contributed by atoms with Gasteiger partial charge >= 0.3 is 0 Å². The van der Waals surface area contributed by atoms with Crippen LogP contribution >= 0.6 is 0 Å². The fraction of sp³-hybridized carbons (Fsp3) is 0.333. The van der Waals surface area contributed by atoms with Crippen LogP contribution < -0.4 is 0 Å². The van der Waals surface area contributed by atoms with Gasteiger partial charge in [0.05, 0.1) is 6.04 Å². The van der Waals surface area contributed by atoms with Gasteiger partial charge in [0.15, 0.2) is 0 Å². The molecule has 4 aromatic rings. The van der Waals surface area contributed by atoms with Crippen LogP contribution in [0.5, 0.6) is 0 Å². The molecule has 0 saturated carbocycles. The van der Waals surface area contributed by atoms with Crippen LogP contribution in [-0.2, 0) is 17.4 Å². The van der Waals surface area contributed by atoms with Crippen molar-refractivity contribution in [3.05, 3.63) is 118 Å². The van der Waals surface area contributed by atoms with E-state index in [0.717, 1.165) is 23.2 Å². The molecule has 4 aromatic carbocycles. The van der Waals surface area contributed by atoms with Crippen LogP contribution in [0, 0.1) is 0 Å². The van der Waals surface area contributed by atoms with Crippen molar-refractivity contribution in [2.75, 3.05) is 7.05 Å². The first kappa shape index (κ1) is 25.1. The molecule has 2 nitrogen and oxygen atoms in total. The highest BCUT2D eigenvalue weighted by molar-refractivity contribution is 5.81. The summed E-state index contributed by atoms with van der Waals surface area (Å²) in [7, 11) is 2.27. The van der Waals surface area contributed by atoms with Crippen LogP contribution in [0.4, 0.5) is 0 Å². The lowest BCUT2D eigenvalue weighted by atomic mass is 9.80. The lowest BCUT2D eigenvalue weighted by Gasteiger charge is -2.32. The van der Waals surface area contributed by atoms with Gasteiger partial charge < -0.3 is 5.11 Å². The Morgan fingerprint density at radius 3 is 1.87 bits per heavy atom. The second-order valence-corrected chi connectivity index (χ2v) is 13.3. The van der Waals surface area contributed by atoms with E-state index in [1.165, 1.54) is 44.5 Å². The summed E-state index contributed by atoms with van der Waals surface area (Å²) in [6.45, 7) is 14.6. The molecule has 2 aliphatic rings. The van der Waals surface area contributed by atoms with Gasteiger partial charge in [0, 0.05) is 6.54 Å². The quantitative estimate of drug-likeness (QED) is 0.304. The molecule has 194 valence electrons. The zero-order valence-electron chi connectivity index (χ0n) is 23.8. The number of nitrogens with zero attached hydrogens (tertiary/aromatic N) is 1. The highest BCUT2D eigenvalue weighted by atomic mass is 16.3. The molecule has 0 radical (unpaired) electrons. The Morgan fingerprint density at radius 1 is 0.632 bits per heavy atom. The highest BCUT2D eigenvalue weighted by Gasteiger charge is 2.37. The SMILES string of the molecule is CN(Cc1cc2c(c(C(C)(C)C)c1)C(O)c1ccccc1-2)C1c2ccccc2-c2cccc(C(C)(C)C)c21. The van der Waals surface area contributed by atoms with Crippen molar-refractivity contribution in [1.82, 2.24) is 4.90 Å². The average Bonchev–Trinajstić information content (AvgIpc) is 3.35. The molecule has 2 aliphatic carbocycles. The van der Waals surface area contributed by atoms with Crippen LogP contribution in [-0.4, -0.2) is 17.1 Å². The van der Waals surface area contributed by atoms with E-state index in [1.54, 1.807) is 0 Å². The molecule has 38 heavy (non-hydrogen) atoms. The first-order chi connectivity index (χ1) is 18.0. The van der Waals surface area contributed by atoms with Gasteiger partial charge in [0.1, 0.15) is 6.10 Å². The molecule has 2 heteroatoms. The Labute approximate surface area is 228 Å². The van der Waals surface area contributed by atoms with Gasteiger partial charge in [0.2, 0.25) is 0 Å². The number of aliphatic hydroxyl groups is 1. The van der Waals surface area contributed by atoms with Gasteiger partial charge in [0.25, 0.3) is 0 Å². The molecule has 0 saturated heterocycles. The number of hydrogen-bond donors (Lipinski definition) is 1. The Bertz CT molecular complexity index is 1550. The molecule has 0 heterocycles. The number of fused-ring (bicyclic) bond motifs is 6. The third kappa shape index (κ3) is 3.85. The van der Waals surface area contributed by atoms with E-state index < -0.39 is 6.10 Å². The zero-order valence-corrected chi connectivity index (χ0v) is 23.8. The number of benzene rings is 4. The molecule has 0 amide bonds. The molecule has 2 atom stereocenters. The summed E-state index contributed by atoms with van der Waals surface area (Å²) in [5, 5.41) is 11.3. The molecule has 0 spiro atoms. The lowest BCUT2D eigenvalue weighted by molar-refractivity contribution is 0.222. The molecule has 2 unspecified atom stereocenters. The van der Waals surface area contributed by atoms with Gasteiger partial charge in [-0.25, -0.2) is 0 Å². The maximum Gasteiger partial charge on any atom is 0.106 e. The average molecular weight is 502 g/mol. The summed E-state index contributed by atoms with van der Waals surface area (Å²) in [4.78, 5) is 2.52. The summed E-state index contributed by atoms with van der Waals surface area (Å²) < 4.78 is 0. The Hall–Kier alpha value is -3.20. The topological polar surface area (TPSA) is 23.5 Å². The van der Waals surface area contributed by atoms with Crippen molar-refractivity contribution in [3.8, 4) is 22.3 Å². The summed E-state index contributed by atoms with van der Waals surface area (Å²) in [6.07, 6.45) is -0.565. The van der Waals surface area contributed by atoms with Gasteiger partial charge in [-0.15, -0.1) is 0 Å².